The van der Waals surface area contributed by atoms with Crippen LogP contribution >= 0.6 is 22.7 Å². The zero-order valence-corrected chi connectivity index (χ0v) is 30.9. The van der Waals surface area contributed by atoms with E-state index in [9.17, 15) is 13.0 Å². The summed E-state index contributed by atoms with van der Waals surface area (Å²) in [5.41, 5.74) is 7.95. The van der Waals surface area contributed by atoms with E-state index in [1.807, 2.05) is 19.4 Å². The largest absolute Gasteiger partial charge is 0.744 e. The van der Waals surface area contributed by atoms with E-state index < -0.39 is 10.1 Å². The van der Waals surface area contributed by atoms with Gasteiger partial charge in [-0.2, -0.15) is 19.0 Å². The quantitative estimate of drug-likeness (QED) is 0.127. The van der Waals surface area contributed by atoms with Crippen LogP contribution in [0.25, 0.3) is 32.4 Å². The van der Waals surface area contributed by atoms with E-state index in [1.54, 1.807) is 34.8 Å². The highest BCUT2D eigenvalue weighted by Crippen LogP contribution is 2.23. The molecule has 0 unspecified atom stereocenters. The number of thiazole rings is 2. The molecule has 1 fully saturated rings. The van der Waals surface area contributed by atoms with Crippen LogP contribution in [0.1, 0.15) is 16.7 Å². The van der Waals surface area contributed by atoms with Crippen LogP contribution in [0, 0.1) is 6.92 Å². The molecule has 0 aliphatic carbocycles. The molecule has 1 saturated heterocycles. The number of hydrogen-bond acceptors (Lipinski definition) is 9. The van der Waals surface area contributed by atoms with Crippen LogP contribution in [0.5, 0.6) is 0 Å². The van der Waals surface area contributed by atoms with Gasteiger partial charge in [0.2, 0.25) is 0 Å². The highest BCUT2D eigenvalue weighted by atomic mass is 32.2. The predicted octanol–water partition coefficient (Wildman–Crippen LogP) is 5.18. The van der Waals surface area contributed by atoms with Crippen molar-refractivity contribution in [3.05, 3.63) is 125 Å². The fourth-order valence-corrected chi connectivity index (χ4v) is 7.92. The van der Waals surface area contributed by atoms with Crippen LogP contribution in [0.3, 0.4) is 0 Å². The number of aryl methyl sites for hydroxylation is 3. The van der Waals surface area contributed by atoms with Crippen molar-refractivity contribution in [2.45, 2.75) is 11.8 Å². The molecule has 0 radical (unpaired) electrons. The number of piperazine rings is 1. The summed E-state index contributed by atoms with van der Waals surface area (Å²) < 4.78 is 40.0. The summed E-state index contributed by atoms with van der Waals surface area (Å²) in [6, 6.07) is 23.0. The minimum atomic E-state index is -4.27. The van der Waals surface area contributed by atoms with Crippen LogP contribution in [0.4, 0.5) is 0 Å². The highest BCUT2D eigenvalue weighted by molar-refractivity contribution is 7.85. The minimum absolute atomic E-state index is 0.178. The van der Waals surface area contributed by atoms with E-state index >= 15 is 0 Å². The van der Waals surface area contributed by atoms with Crippen molar-refractivity contribution in [2.75, 3.05) is 26.2 Å². The Hall–Kier alpha value is -5.15. The Morgan fingerprint density at radius 2 is 1.08 bits per heavy atom. The Labute approximate surface area is 304 Å². The summed E-state index contributed by atoms with van der Waals surface area (Å²) in [5, 5.41) is 17.9. The highest BCUT2D eigenvalue weighted by Gasteiger charge is 2.18. The molecule has 11 nitrogen and oxygen atoms in total. The lowest BCUT2D eigenvalue weighted by molar-refractivity contribution is -0.505. The normalized spacial score (nSPS) is 13.9. The summed E-state index contributed by atoms with van der Waals surface area (Å²) >= 11 is 3.49. The third-order valence-electron chi connectivity index (χ3n) is 8.75. The van der Waals surface area contributed by atoms with Crippen LogP contribution in [-0.4, -0.2) is 70.7 Å². The monoisotopic (exact) mass is 737 g/mol. The van der Waals surface area contributed by atoms with E-state index in [1.165, 1.54) is 44.6 Å². The number of benzene rings is 3. The first-order valence-corrected chi connectivity index (χ1v) is 19.5. The molecule has 4 aromatic heterocycles. The third-order valence-corrected chi connectivity index (χ3v) is 11.5. The lowest BCUT2D eigenvalue weighted by Gasteiger charge is -2.31. The zero-order chi connectivity index (χ0) is 35.5. The SMILES string of the molecule is Cc1ccc(S(=O)(=O)[O-])cc1.Cn1c(-c2ccc(/C=N\N3CCN(/N=C/c4ccc(-c5c[n+]6ccsc6n5C)cc4)CC3)cc2)c[n+]2ccsc12. The molecular formula is C37H37N8O3S3+. The van der Waals surface area contributed by atoms with Gasteiger partial charge in [0.1, 0.15) is 34.9 Å². The van der Waals surface area contributed by atoms with Gasteiger partial charge in [0.05, 0.1) is 57.6 Å². The molecule has 1 aliphatic rings. The second-order valence-electron chi connectivity index (χ2n) is 12.2. The lowest BCUT2D eigenvalue weighted by Crippen LogP contribution is -2.41. The maximum Gasteiger partial charge on any atom is 0.345 e. The van der Waals surface area contributed by atoms with Gasteiger partial charge in [-0.1, -0.05) is 64.6 Å². The zero-order valence-electron chi connectivity index (χ0n) is 28.4. The first-order chi connectivity index (χ1) is 24.6. The fraction of sp³-hybridized carbons (Fsp3) is 0.189. The molecule has 0 bridgehead atoms. The second-order valence-corrected chi connectivity index (χ2v) is 15.4. The molecule has 0 saturated carbocycles. The second kappa shape index (κ2) is 14.6. The molecule has 5 heterocycles. The number of rotatable bonds is 7. The van der Waals surface area contributed by atoms with E-state index in [0.29, 0.717) is 0 Å². The summed E-state index contributed by atoms with van der Waals surface area (Å²) in [6.07, 6.45) is 12.5. The van der Waals surface area contributed by atoms with Gasteiger partial charge in [0, 0.05) is 21.9 Å². The summed E-state index contributed by atoms with van der Waals surface area (Å²) in [6.45, 7) is 5.23. The molecule has 1 aliphatic heterocycles. The van der Waals surface area contributed by atoms with Gasteiger partial charge in [0.25, 0.3) is 0 Å². The predicted molar refractivity (Wildman–Crippen MR) is 201 cm³/mol. The van der Waals surface area contributed by atoms with Crippen molar-refractivity contribution in [3.8, 4) is 22.5 Å². The molecular weight excluding hydrogens is 701 g/mol. The molecule has 0 N–H and O–H groups in total. The van der Waals surface area contributed by atoms with Crippen LogP contribution in [-0.2, 0) is 24.2 Å². The lowest BCUT2D eigenvalue weighted by atomic mass is 10.1. The number of nitrogens with zero attached hydrogens (tertiary/aromatic N) is 8. The molecule has 8 rings (SSSR count). The number of imidazole rings is 2. The number of hydrogen-bond donors (Lipinski definition) is 0. The van der Waals surface area contributed by atoms with Crippen molar-refractivity contribution >= 4 is 55.1 Å². The Bertz CT molecular complexity index is 2300. The number of aromatic nitrogens is 4. The van der Waals surface area contributed by atoms with Gasteiger partial charge >= 0.3 is 9.92 Å². The van der Waals surface area contributed by atoms with E-state index in [4.69, 9.17) is 10.2 Å². The van der Waals surface area contributed by atoms with Gasteiger partial charge in [-0.05, 0) is 54.4 Å². The van der Waals surface area contributed by atoms with Crippen molar-refractivity contribution in [2.24, 2.45) is 24.3 Å². The first kappa shape index (κ1) is 34.3. The van der Waals surface area contributed by atoms with Gasteiger partial charge in [-0.15, -0.1) is 0 Å². The van der Waals surface area contributed by atoms with E-state index in [0.717, 1.165) is 42.9 Å². The summed E-state index contributed by atoms with van der Waals surface area (Å²) in [7, 11) is -0.0417. The third kappa shape index (κ3) is 7.78. The van der Waals surface area contributed by atoms with Gasteiger partial charge < -0.3 is 4.55 Å². The maximum atomic E-state index is 10.4. The molecule has 7 aromatic rings. The van der Waals surface area contributed by atoms with Crippen LogP contribution in [0.15, 0.2) is 123 Å². The van der Waals surface area contributed by atoms with E-state index in [2.05, 4.69) is 126 Å². The Morgan fingerprint density at radius 1 is 0.667 bits per heavy atom. The van der Waals surface area contributed by atoms with Crippen molar-refractivity contribution in [1.29, 1.82) is 0 Å². The fourth-order valence-electron chi connectivity index (χ4n) is 5.84. The summed E-state index contributed by atoms with van der Waals surface area (Å²) in [5.74, 6) is 0. The summed E-state index contributed by atoms with van der Waals surface area (Å²) in [4.78, 5) is 2.27. The van der Waals surface area contributed by atoms with Crippen molar-refractivity contribution < 1.29 is 21.8 Å². The molecule has 14 heteroatoms. The van der Waals surface area contributed by atoms with E-state index in [-0.39, 0.29) is 4.90 Å². The molecule has 0 amide bonds. The van der Waals surface area contributed by atoms with Gasteiger partial charge in [-0.3, -0.25) is 10.0 Å². The van der Waals surface area contributed by atoms with Gasteiger partial charge in [-0.25, -0.2) is 17.6 Å². The Kier molecular flexibility index (Phi) is 9.82. The maximum absolute atomic E-state index is 10.4. The molecule has 3 aromatic carbocycles. The molecule has 0 atom stereocenters. The standard InChI is InChI=1S/C30H30N8S2.C7H8O3S/c1-33-27(21-35-15-17-39-29(33)35)25-7-3-23(4-8-25)19-31-37-11-13-38(14-12-37)32-20-24-5-9-26(10-6-24)28-22-36-16-18-40-30(36)34(28)2;1-6-2-4-7(5-3-6)11(8,9)10/h3-10,15-22H,11-14H2,1-2H3;2-5H,1H3,(H,8,9,10)/q+2;/p-1/b31-19-,32-20+;. The minimum Gasteiger partial charge on any atom is -0.744 e. The Morgan fingerprint density at radius 3 is 1.45 bits per heavy atom. The molecule has 0 spiro atoms. The van der Waals surface area contributed by atoms with Crippen LogP contribution in [0.2, 0.25) is 0 Å². The number of hydrazone groups is 2. The van der Waals surface area contributed by atoms with Crippen molar-refractivity contribution in [3.63, 3.8) is 0 Å². The molecule has 260 valence electrons. The van der Waals surface area contributed by atoms with Crippen molar-refractivity contribution in [1.82, 2.24) is 19.2 Å². The Balaban J connectivity index is 0.000000318. The molecule has 51 heavy (non-hydrogen) atoms. The number of fused-ring (bicyclic) bond motifs is 2. The smallest absolute Gasteiger partial charge is 0.345 e. The van der Waals surface area contributed by atoms with Gasteiger partial charge in [0.15, 0.2) is 11.4 Å². The topological polar surface area (TPSA) is 106 Å². The average Bonchev–Trinajstić information content (AvgIpc) is 3.92. The van der Waals surface area contributed by atoms with Crippen LogP contribution < -0.4 is 8.80 Å². The first-order valence-electron chi connectivity index (χ1n) is 16.3. The average molecular weight is 738 g/mol.